The minimum Gasteiger partial charge on any atom is -0.497 e. The second-order valence-corrected chi connectivity index (χ2v) is 11.5. The molecule has 38 heavy (non-hydrogen) atoms. The quantitative estimate of drug-likeness (QED) is 0.380. The Morgan fingerprint density at radius 3 is 2.03 bits per heavy atom. The summed E-state index contributed by atoms with van der Waals surface area (Å²) in [5.74, 6) is -0.232. The van der Waals surface area contributed by atoms with Crippen LogP contribution < -0.4 is 24.8 Å². The van der Waals surface area contributed by atoms with Gasteiger partial charge in [-0.3, -0.25) is 19.3 Å². The number of carbonyl (C=O) groups excluding carboxylic acids is 2. The molecule has 0 aliphatic heterocycles. The number of hydrogen-bond donors (Lipinski definition) is 3. The van der Waals surface area contributed by atoms with E-state index in [1.165, 1.54) is 19.4 Å². The molecule has 3 rings (SSSR count). The predicted molar refractivity (Wildman–Crippen MR) is 148 cm³/mol. The van der Waals surface area contributed by atoms with E-state index in [0.29, 0.717) is 17.1 Å². The van der Waals surface area contributed by atoms with Crippen LogP contribution in [0.15, 0.2) is 48.7 Å². The van der Waals surface area contributed by atoms with Crippen molar-refractivity contribution < 1.29 is 27.5 Å². The van der Waals surface area contributed by atoms with Gasteiger partial charge in [0.25, 0.3) is 11.8 Å². The number of methoxy groups -OCH3 is 2. The fourth-order valence-electron chi connectivity index (χ4n) is 3.63. The molecule has 0 spiro atoms. The number of ether oxygens (including phenoxy) is 2. The van der Waals surface area contributed by atoms with Gasteiger partial charge in [-0.2, -0.15) is 0 Å². The zero-order valence-corrected chi connectivity index (χ0v) is 23.2. The van der Waals surface area contributed by atoms with Crippen LogP contribution in [0.2, 0.25) is 0 Å². The highest BCUT2D eigenvalue weighted by Gasteiger charge is 2.25. The van der Waals surface area contributed by atoms with Gasteiger partial charge >= 0.3 is 0 Å². The Labute approximate surface area is 222 Å². The van der Waals surface area contributed by atoms with Crippen LogP contribution in [0.5, 0.6) is 11.5 Å². The van der Waals surface area contributed by atoms with E-state index in [4.69, 9.17) is 9.47 Å². The van der Waals surface area contributed by atoms with E-state index in [1.54, 1.807) is 50.4 Å². The third-order valence-electron chi connectivity index (χ3n) is 5.64. The van der Waals surface area contributed by atoms with Crippen LogP contribution >= 0.6 is 0 Å². The molecule has 0 atom stereocenters. The van der Waals surface area contributed by atoms with Crippen molar-refractivity contribution in [2.24, 2.45) is 0 Å². The van der Waals surface area contributed by atoms with E-state index in [0.717, 1.165) is 11.8 Å². The fraction of sp³-hybridized carbons (Fsp3) is 0.296. The van der Waals surface area contributed by atoms with Gasteiger partial charge in [0.2, 0.25) is 10.0 Å². The molecule has 0 aliphatic carbocycles. The molecular weight excluding hydrogens is 508 g/mol. The van der Waals surface area contributed by atoms with Crippen LogP contribution in [0.25, 0.3) is 0 Å². The van der Waals surface area contributed by atoms with Gasteiger partial charge in [-0.25, -0.2) is 8.42 Å². The summed E-state index contributed by atoms with van der Waals surface area (Å²) >= 11 is 0. The molecule has 0 fully saturated rings. The van der Waals surface area contributed by atoms with Gasteiger partial charge in [0.05, 0.1) is 54.9 Å². The molecule has 0 bridgehead atoms. The van der Waals surface area contributed by atoms with Crippen molar-refractivity contribution in [3.05, 3.63) is 71.0 Å². The molecule has 2 aromatic carbocycles. The highest BCUT2D eigenvalue weighted by Crippen LogP contribution is 2.36. The Bertz CT molecular complexity index is 1460. The summed E-state index contributed by atoms with van der Waals surface area (Å²) in [6, 6.07) is 11.7. The number of carbonyl (C=O) groups is 2. The first-order valence-electron chi connectivity index (χ1n) is 11.7. The predicted octanol–water partition coefficient (Wildman–Crippen LogP) is 4.58. The molecule has 0 saturated carbocycles. The van der Waals surface area contributed by atoms with Crippen LogP contribution in [-0.4, -0.2) is 45.7 Å². The average Bonchev–Trinajstić information content (AvgIpc) is 2.83. The topological polar surface area (TPSA) is 136 Å². The first-order chi connectivity index (χ1) is 17.7. The summed E-state index contributed by atoms with van der Waals surface area (Å²) in [5.41, 5.74) is 2.18. The van der Waals surface area contributed by atoms with Gasteiger partial charge in [0, 0.05) is 5.69 Å². The van der Waals surface area contributed by atoms with E-state index in [-0.39, 0.29) is 28.3 Å². The number of rotatable bonds is 8. The summed E-state index contributed by atoms with van der Waals surface area (Å²) in [7, 11) is -0.738. The molecule has 0 aliphatic rings. The van der Waals surface area contributed by atoms with E-state index < -0.39 is 27.3 Å². The number of benzene rings is 2. The maximum absolute atomic E-state index is 13.4. The molecule has 0 unspecified atom stereocenters. The molecule has 11 heteroatoms. The Morgan fingerprint density at radius 2 is 1.47 bits per heavy atom. The minimum absolute atomic E-state index is 0.0680. The van der Waals surface area contributed by atoms with Crippen LogP contribution in [0.4, 0.5) is 17.1 Å². The number of aromatic nitrogens is 1. The zero-order chi connectivity index (χ0) is 28.3. The number of sulfonamides is 1. The normalized spacial score (nSPS) is 11.4. The Balaban J connectivity index is 1.94. The molecule has 3 N–H and O–H groups in total. The molecule has 0 radical (unpaired) electrons. The summed E-state index contributed by atoms with van der Waals surface area (Å²) in [6.45, 7) is 7.52. The van der Waals surface area contributed by atoms with Crippen molar-refractivity contribution in [1.29, 1.82) is 0 Å². The minimum atomic E-state index is -3.65. The van der Waals surface area contributed by atoms with Crippen molar-refractivity contribution in [3.8, 4) is 11.5 Å². The third kappa shape index (κ3) is 7.00. The van der Waals surface area contributed by atoms with Gasteiger partial charge in [-0.1, -0.05) is 20.8 Å². The van der Waals surface area contributed by atoms with Crippen LogP contribution in [0.1, 0.15) is 52.7 Å². The van der Waals surface area contributed by atoms with Crippen molar-refractivity contribution in [2.45, 2.75) is 33.1 Å². The number of anilines is 3. The largest absolute Gasteiger partial charge is 0.497 e. The molecule has 2 amide bonds. The molecule has 3 aromatic rings. The Kier molecular flexibility index (Phi) is 8.31. The second kappa shape index (κ2) is 11.1. The number of nitrogens with zero attached hydrogens (tertiary/aromatic N) is 1. The van der Waals surface area contributed by atoms with Gasteiger partial charge in [-0.05, 0) is 60.4 Å². The van der Waals surface area contributed by atoms with E-state index >= 15 is 0 Å². The van der Waals surface area contributed by atoms with E-state index in [1.807, 2.05) is 20.8 Å². The number of amides is 2. The van der Waals surface area contributed by atoms with Gasteiger partial charge in [0.15, 0.2) is 5.75 Å². The summed E-state index contributed by atoms with van der Waals surface area (Å²) in [5, 5.41) is 5.55. The monoisotopic (exact) mass is 540 g/mol. The number of hydrogen-bond acceptors (Lipinski definition) is 7. The molecule has 0 saturated heterocycles. The standard InChI is InChI=1S/C27H32N4O6S/c1-16-21(25(32)29-18-8-10-20(36-5)11-9-18)14-19(15-28-16)30-26(33)22-12-17(27(2,3)4)13-23(24(22)37-6)31-38(7,34)35/h8-15,31H,1-7H3,(H,29,32)(H,30,33). The van der Waals surface area contributed by atoms with Crippen molar-refractivity contribution in [3.63, 3.8) is 0 Å². The molecule has 202 valence electrons. The van der Waals surface area contributed by atoms with E-state index in [9.17, 15) is 18.0 Å². The molecule has 10 nitrogen and oxygen atoms in total. The van der Waals surface area contributed by atoms with Crippen molar-refractivity contribution >= 4 is 38.9 Å². The Hall–Kier alpha value is -4.12. The summed E-state index contributed by atoms with van der Waals surface area (Å²) in [4.78, 5) is 30.6. The second-order valence-electron chi connectivity index (χ2n) is 9.72. The maximum atomic E-state index is 13.4. The lowest BCUT2D eigenvalue weighted by Crippen LogP contribution is -2.20. The maximum Gasteiger partial charge on any atom is 0.259 e. The van der Waals surface area contributed by atoms with Crippen molar-refractivity contribution in [2.75, 3.05) is 35.8 Å². The molecular formula is C27H32N4O6S. The average molecular weight is 541 g/mol. The SMILES string of the molecule is COc1ccc(NC(=O)c2cc(NC(=O)c3cc(C(C)(C)C)cc(NS(C)(=O)=O)c3OC)cnc2C)cc1. The summed E-state index contributed by atoms with van der Waals surface area (Å²) in [6.07, 6.45) is 2.46. The number of pyridine rings is 1. The van der Waals surface area contributed by atoms with Gasteiger partial charge in [-0.15, -0.1) is 0 Å². The van der Waals surface area contributed by atoms with Crippen LogP contribution in [0.3, 0.4) is 0 Å². The number of nitrogens with one attached hydrogen (secondary N) is 3. The number of aryl methyl sites for hydroxylation is 1. The van der Waals surface area contributed by atoms with Crippen LogP contribution in [0, 0.1) is 6.92 Å². The lowest BCUT2D eigenvalue weighted by Gasteiger charge is -2.23. The molecule has 1 aromatic heterocycles. The lowest BCUT2D eigenvalue weighted by atomic mass is 9.85. The van der Waals surface area contributed by atoms with E-state index in [2.05, 4.69) is 20.3 Å². The zero-order valence-electron chi connectivity index (χ0n) is 22.4. The molecule has 1 heterocycles. The lowest BCUT2D eigenvalue weighted by molar-refractivity contribution is 0.101. The van der Waals surface area contributed by atoms with Crippen LogP contribution in [-0.2, 0) is 15.4 Å². The first kappa shape index (κ1) is 28.5. The fourth-order valence-corrected chi connectivity index (χ4v) is 4.18. The van der Waals surface area contributed by atoms with Gasteiger partial charge < -0.3 is 20.1 Å². The highest BCUT2D eigenvalue weighted by atomic mass is 32.2. The first-order valence-corrected chi connectivity index (χ1v) is 13.5. The smallest absolute Gasteiger partial charge is 0.259 e. The van der Waals surface area contributed by atoms with Crippen molar-refractivity contribution in [1.82, 2.24) is 4.98 Å². The highest BCUT2D eigenvalue weighted by molar-refractivity contribution is 7.92. The van der Waals surface area contributed by atoms with Gasteiger partial charge in [0.1, 0.15) is 5.75 Å². The summed E-state index contributed by atoms with van der Waals surface area (Å²) < 4.78 is 37.0. The third-order valence-corrected chi connectivity index (χ3v) is 6.23. The Morgan fingerprint density at radius 1 is 0.868 bits per heavy atom.